The van der Waals surface area contributed by atoms with Crippen molar-refractivity contribution >= 4 is 50.0 Å². The van der Waals surface area contributed by atoms with E-state index in [9.17, 15) is 4.79 Å². The minimum Gasteiger partial charge on any atom is -0.465 e. The van der Waals surface area contributed by atoms with Crippen LogP contribution in [0, 0.1) is 11.8 Å². The molecule has 26 heavy (non-hydrogen) atoms. The number of nitrogens with zero attached hydrogens (tertiary/aromatic N) is 2. The van der Waals surface area contributed by atoms with Gasteiger partial charge in [0.25, 0.3) is 0 Å². The number of fused-ring (bicyclic) bond motifs is 3. The fraction of sp³-hybridized carbons (Fsp3) is 0.200. The number of anilines is 1. The van der Waals surface area contributed by atoms with Gasteiger partial charge < -0.3 is 31.0 Å². The number of primary amides is 1. The van der Waals surface area contributed by atoms with E-state index in [4.69, 9.17) is 19.4 Å². The molecule has 0 radical (unpaired) electrons. The number of hydrogen-bond donors (Lipinski definition) is 5. The summed E-state index contributed by atoms with van der Waals surface area (Å²) >= 11 is 1.46. The monoisotopic (exact) mass is 377 g/mol. The van der Waals surface area contributed by atoms with Gasteiger partial charge >= 0.3 is 12.2 Å². The molecule has 0 aliphatic heterocycles. The Kier molecular flexibility index (Phi) is 6.18. The van der Waals surface area contributed by atoms with Gasteiger partial charge in [-0.05, 0) is 19.1 Å². The lowest BCUT2D eigenvalue weighted by Crippen LogP contribution is -2.34. The van der Waals surface area contributed by atoms with Crippen LogP contribution < -0.4 is 16.4 Å². The zero-order valence-corrected chi connectivity index (χ0v) is 14.3. The second-order valence-corrected chi connectivity index (χ2v) is 5.78. The standard InChI is InChI=1S/C14H12N4O3S.CH3NO2/c1-2-3-8(6-15-14(19)20)17-13-18-12-10(22-13)5-4-9-11(12)16-7-21-9;2-1(3)4/h4-5,7-8,15H,6H2,1H3,(H,17,18)(H,19,20);2H2,(H,3,4). The third-order valence-corrected chi connectivity index (χ3v) is 3.88. The number of oxazole rings is 1. The van der Waals surface area contributed by atoms with Crippen molar-refractivity contribution in [2.24, 2.45) is 5.73 Å². The van der Waals surface area contributed by atoms with Crippen molar-refractivity contribution < 1.29 is 24.2 Å². The van der Waals surface area contributed by atoms with Gasteiger partial charge in [-0.15, -0.1) is 5.92 Å². The number of rotatable bonds is 4. The number of hydrogen-bond acceptors (Lipinski definition) is 7. The van der Waals surface area contributed by atoms with Crippen LogP contribution in [0.15, 0.2) is 22.9 Å². The first kappa shape index (κ1) is 18.8. The molecular formula is C15H15N5O5S. The van der Waals surface area contributed by atoms with Crippen LogP contribution in [-0.2, 0) is 0 Å². The largest absolute Gasteiger partial charge is 0.465 e. The highest BCUT2D eigenvalue weighted by Crippen LogP contribution is 2.31. The molecule has 0 aliphatic rings. The topological polar surface area (TPSA) is 164 Å². The second kappa shape index (κ2) is 8.54. The van der Waals surface area contributed by atoms with E-state index in [1.54, 1.807) is 6.92 Å². The van der Waals surface area contributed by atoms with Crippen molar-refractivity contribution in [1.29, 1.82) is 0 Å². The molecule has 0 saturated heterocycles. The predicted octanol–water partition coefficient (Wildman–Crippen LogP) is 2.13. The smallest absolute Gasteiger partial charge is 0.404 e. The molecule has 1 atom stereocenters. The summed E-state index contributed by atoms with van der Waals surface area (Å²) < 4.78 is 6.23. The van der Waals surface area contributed by atoms with E-state index in [1.807, 2.05) is 12.1 Å². The summed E-state index contributed by atoms with van der Waals surface area (Å²) in [6.07, 6.45) is -1.03. The van der Waals surface area contributed by atoms with Gasteiger partial charge in [-0.2, -0.15) is 0 Å². The number of thiazole rings is 1. The Bertz CT molecular complexity index is 983. The average molecular weight is 377 g/mol. The predicted molar refractivity (Wildman–Crippen MR) is 96.3 cm³/mol. The molecule has 1 aromatic carbocycles. The molecule has 10 nitrogen and oxygen atoms in total. The van der Waals surface area contributed by atoms with E-state index in [1.165, 1.54) is 17.7 Å². The lowest BCUT2D eigenvalue weighted by molar-refractivity contribution is 0.194. The van der Waals surface area contributed by atoms with E-state index >= 15 is 0 Å². The number of benzene rings is 1. The number of amides is 2. The quantitative estimate of drug-likeness (QED) is 0.432. The Balaban J connectivity index is 0.000000552. The van der Waals surface area contributed by atoms with Crippen LogP contribution in [0.3, 0.4) is 0 Å². The van der Waals surface area contributed by atoms with Crippen LogP contribution in [0.5, 0.6) is 0 Å². The second-order valence-electron chi connectivity index (χ2n) is 4.75. The molecule has 0 fully saturated rings. The Labute approximate surface area is 151 Å². The molecule has 2 aromatic heterocycles. The highest BCUT2D eigenvalue weighted by Gasteiger charge is 2.13. The normalized spacial score (nSPS) is 11.0. The van der Waals surface area contributed by atoms with Crippen molar-refractivity contribution in [2.45, 2.75) is 13.0 Å². The first-order valence-electron chi connectivity index (χ1n) is 7.17. The summed E-state index contributed by atoms with van der Waals surface area (Å²) in [5.74, 6) is 5.68. The summed E-state index contributed by atoms with van der Waals surface area (Å²) in [5, 5.41) is 22.0. The van der Waals surface area contributed by atoms with E-state index in [-0.39, 0.29) is 12.6 Å². The minimum atomic E-state index is -1.33. The van der Waals surface area contributed by atoms with Crippen molar-refractivity contribution in [2.75, 3.05) is 11.9 Å². The third kappa shape index (κ3) is 4.99. The van der Waals surface area contributed by atoms with Crippen LogP contribution >= 0.6 is 11.3 Å². The molecule has 3 aromatic rings. The highest BCUT2D eigenvalue weighted by molar-refractivity contribution is 7.22. The van der Waals surface area contributed by atoms with Crippen molar-refractivity contribution in [3.63, 3.8) is 0 Å². The maximum Gasteiger partial charge on any atom is 0.404 e. The van der Waals surface area contributed by atoms with Crippen molar-refractivity contribution in [3.8, 4) is 11.8 Å². The molecule has 6 N–H and O–H groups in total. The van der Waals surface area contributed by atoms with Gasteiger partial charge in [0.05, 0.1) is 11.2 Å². The van der Waals surface area contributed by atoms with Crippen LogP contribution in [0.25, 0.3) is 21.3 Å². The molecule has 1 unspecified atom stereocenters. The summed E-state index contributed by atoms with van der Waals surface area (Å²) in [4.78, 5) is 28.0. The SMILES string of the molecule is CC#CC(CNC(=O)O)Nc1nc2c(ccc3ocnc32)s1.NC(=O)O. The van der Waals surface area contributed by atoms with Gasteiger partial charge in [0.2, 0.25) is 0 Å². The number of nitrogens with two attached hydrogens (primary N) is 1. The Hall–Kier alpha value is -3.52. The van der Waals surface area contributed by atoms with E-state index in [0.29, 0.717) is 16.2 Å². The molecular weight excluding hydrogens is 362 g/mol. The van der Waals surface area contributed by atoms with E-state index in [2.05, 4.69) is 38.2 Å². The molecule has 2 heterocycles. The maximum atomic E-state index is 10.6. The van der Waals surface area contributed by atoms with Gasteiger partial charge in [0.15, 0.2) is 17.1 Å². The van der Waals surface area contributed by atoms with Crippen molar-refractivity contribution in [3.05, 3.63) is 18.5 Å². The van der Waals surface area contributed by atoms with Crippen molar-refractivity contribution in [1.82, 2.24) is 15.3 Å². The van der Waals surface area contributed by atoms with Crippen LogP contribution in [0.4, 0.5) is 14.7 Å². The lowest BCUT2D eigenvalue weighted by Gasteiger charge is -2.11. The number of carboxylic acid groups (broad SMARTS) is 2. The molecule has 0 bridgehead atoms. The Morgan fingerprint density at radius 2 is 2.12 bits per heavy atom. The Morgan fingerprint density at radius 3 is 2.77 bits per heavy atom. The summed E-state index contributed by atoms with van der Waals surface area (Å²) in [6.45, 7) is 1.87. The molecule has 3 rings (SSSR count). The summed E-state index contributed by atoms with van der Waals surface area (Å²) in [6, 6.07) is 3.42. The number of nitrogens with one attached hydrogen (secondary N) is 2. The fourth-order valence-corrected chi connectivity index (χ4v) is 2.95. The molecule has 2 amide bonds. The molecule has 136 valence electrons. The van der Waals surface area contributed by atoms with Gasteiger partial charge in [0, 0.05) is 0 Å². The summed E-state index contributed by atoms with van der Waals surface area (Å²) in [7, 11) is 0. The molecule has 0 aliphatic carbocycles. The lowest BCUT2D eigenvalue weighted by atomic mass is 10.3. The first-order valence-corrected chi connectivity index (χ1v) is 7.99. The fourth-order valence-electron chi connectivity index (χ4n) is 2.03. The first-order chi connectivity index (χ1) is 12.4. The van der Waals surface area contributed by atoms with E-state index < -0.39 is 12.2 Å². The van der Waals surface area contributed by atoms with Crippen LogP contribution in [-0.4, -0.2) is 45.0 Å². The third-order valence-electron chi connectivity index (χ3n) is 2.93. The minimum absolute atomic E-state index is 0.172. The van der Waals surface area contributed by atoms with E-state index in [0.717, 1.165) is 10.2 Å². The zero-order chi connectivity index (χ0) is 19.1. The van der Waals surface area contributed by atoms with Gasteiger partial charge in [-0.1, -0.05) is 17.3 Å². The molecule has 11 heteroatoms. The zero-order valence-electron chi connectivity index (χ0n) is 13.5. The maximum absolute atomic E-state index is 10.6. The van der Waals surface area contributed by atoms with Crippen LogP contribution in [0.1, 0.15) is 6.92 Å². The van der Waals surface area contributed by atoms with Gasteiger partial charge in [-0.3, -0.25) is 0 Å². The van der Waals surface area contributed by atoms with Gasteiger partial charge in [0.1, 0.15) is 17.1 Å². The molecule has 0 spiro atoms. The highest BCUT2D eigenvalue weighted by atomic mass is 32.1. The summed E-state index contributed by atoms with van der Waals surface area (Å²) in [5.41, 5.74) is 6.18. The number of aromatic nitrogens is 2. The van der Waals surface area contributed by atoms with Gasteiger partial charge in [-0.25, -0.2) is 19.6 Å². The van der Waals surface area contributed by atoms with Crippen LogP contribution in [0.2, 0.25) is 0 Å². The average Bonchev–Trinajstić information content (AvgIpc) is 3.17. The number of carbonyl (C=O) groups is 2. The Morgan fingerprint density at radius 1 is 1.38 bits per heavy atom. The molecule has 0 saturated carbocycles.